The Labute approximate surface area is 102 Å². The van der Waals surface area contributed by atoms with Gasteiger partial charge < -0.3 is 9.84 Å². The molecule has 0 aliphatic carbocycles. The average molecular weight is 242 g/mol. The second-order valence-corrected chi connectivity index (χ2v) is 5.88. The molecular weight excluding hydrogens is 220 g/mol. The third kappa shape index (κ3) is 3.89. The lowest BCUT2D eigenvalue weighted by molar-refractivity contribution is 0.00310. The molecule has 0 bridgehead atoms. The predicted octanol–water partition coefficient (Wildman–Crippen LogP) is 3.55. The van der Waals surface area contributed by atoms with E-state index >= 15 is 0 Å². The molecule has 92 valence electrons. The molecule has 0 aromatic carbocycles. The van der Waals surface area contributed by atoms with E-state index in [1.165, 1.54) is 4.88 Å². The molecule has 0 saturated carbocycles. The fraction of sp³-hybridized carbons (Fsp3) is 0.692. The lowest BCUT2D eigenvalue weighted by Crippen LogP contribution is -2.22. The van der Waals surface area contributed by atoms with Crippen LogP contribution in [0.25, 0.3) is 0 Å². The molecule has 0 radical (unpaired) electrons. The standard InChI is InChI=1S/C13H22O2S/c1-5-10-6-7-12(16-10)11(14)8-9-13(2,3)15-4/h6-7,11,14H,5,8-9H2,1-4H3. The molecule has 0 spiro atoms. The van der Waals surface area contributed by atoms with Crippen LogP contribution in [-0.2, 0) is 11.2 Å². The van der Waals surface area contributed by atoms with Crippen LogP contribution in [0, 0.1) is 0 Å². The molecule has 1 N–H and O–H groups in total. The van der Waals surface area contributed by atoms with Crippen molar-refractivity contribution in [1.82, 2.24) is 0 Å². The van der Waals surface area contributed by atoms with Crippen LogP contribution in [0.4, 0.5) is 0 Å². The molecule has 0 saturated heterocycles. The minimum absolute atomic E-state index is 0.147. The smallest absolute Gasteiger partial charge is 0.0883 e. The van der Waals surface area contributed by atoms with Crippen LogP contribution in [0.3, 0.4) is 0 Å². The van der Waals surface area contributed by atoms with Crippen LogP contribution in [0.5, 0.6) is 0 Å². The van der Waals surface area contributed by atoms with Gasteiger partial charge in [0.05, 0.1) is 11.7 Å². The first-order valence-corrected chi connectivity index (χ1v) is 6.62. The zero-order valence-electron chi connectivity index (χ0n) is 10.6. The van der Waals surface area contributed by atoms with Crippen LogP contribution in [0.15, 0.2) is 12.1 Å². The normalized spacial score (nSPS) is 14.1. The van der Waals surface area contributed by atoms with Crippen molar-refractivity contribution in [3.05, 3.63) is 21.9 Å². The maximum absolute atomic E-state index is 10.0. The number of methoxy groups -OCH3 is 1. The van der Waals surface area contributed by atoms with Crippen molar-refractivity contribution in [2.24, 2.45) is 0 Å². The summed E-state index contributed by atoms with van der Waals surface area (Å²) < 4.78 is 5.34. The highest BCUT2D eigenvalue weighted by molar-refractivity contribution is 7.12. The highest BCUT2D eigenvalue weighted by Gasteiger charge is 2.19. The van der Waals surface area contributed by atoms with Crippen molar-refractivity contribution in [3.63, 3.8) is 0 Å². The average Bonchev–Trinajstić information content (AvgIpc) is 2.74. The molecule has 1 unspecified atom stereocenters. The third-order valence-corrected chi connectivity index (χ3v) is 4.26. The van der Waals surface area contributed by atoms with Gasteiger partial charge in [-0.1, -0.05) is 6.92 Å². The molecule has 1 rings (SSSR count). The zero-order chi connectivity index (χ0) is 12.2. The van der Waals surface area contributed by atoms with Gasteiger partial charge in [-0.25, -0.2) is 0 Å². The van der Waals surface area contributed by atoms with Gasteiger partial charge >= 0.3 is 0 Å². The predicted molar refractivity (Wildman–Crippen MR) is 69.0 cm³/mol. The van der Waals surface area contributed by atoms with E-state index in [-0.39, 0.29) is 11.7 Å². The molecule has 2 nitrogen and oxygen atoms in total. The van der Waals surface area contributed by atoms with Crippen molar-refractivity contribution in [2.45, 2.75) is 51.7 Å². The monoisotopic (exact) mass is 242 g/mol. The summed E-state index contributed by atoms with van der Waals surface area (Å²) in [7, 11) is 1.71. The molecule has 1 heterocycles. The molecule has 16 heavy (non-hydrogen) atoms. The number of ether oxygens (including phenoxy) is 1. The van der Waals surface area contributed by atoms with Gasteiger partial charge in [0, 0.05) is 16.9 Å². The van der Waals surface area contributed by atoms with Gasteiger partial charge in [-0.05, 0) is 45.2 Å². The molecule has 0 aliphatic heterocycles. The van der Waals surface area contributed by atoms with Gasteiger partial charge in [-0.15, -0.1) is 11.3 Å². The van der Waals surface area contributed by atoms with Crippen molar-refractivity contribution in [1.29, 1.82) is 0 Å². The Bertz CT molecular complexity index is 317. The molecule has 1 aromatic rings. The number of hydrogen-bond acceptors (Lipinski definition) is 3. The van der Waals surface area contributed by atoms with E-state index in [4.69, 9.17) is 4.74 Å². The molecular formula is C13H22O2S. The van der Waals surface area contributed by atoms with Crippen molar-refractivity contribution in [3.8, 4) is 0 Å². The number of aliphatic hydroxyl groups is 1. The van der Waals surface area contributed by atoms with E-state index in [9.17, 15) is 5.11 Å². The Morgan fingerprint density at radius 3 is 2.62 bits per heavy atom. The van der Waals surface area contributed by atoms with Gasteiger partial charge in [0.2, 0.25) is 0 Å². The third-order valence-electron chi connectivity index (χ3n) is 2.93. The van der Waals surface area contributed by atoms with E-state index in [0.717, 1.165) is 24.1 Å². The number of aryl methyl sites for hydroxylation is 1. The summed E-state index contributed by atoms with van der Waals surface area (Å²) in [5.74, 6) is 0. The summed E-state index contributed by atoms with van der Waals surface area (Å²) in [6.07, 6.45) is 2.31. The number of hydrogen-bond donors (Lipinski definition) is 1. The van der Waals surface area contributed by atoms with E-state index in [1.807, 2.05) is 19.9 Å². The first-order valence-electron chi connectivity index (χ1n) is 5.80. The summed E-state index contributed by atoms with van der Waals surface area (Å²) in [6, 6.07) is 4.14. The second kappa shape index (κ2) is 5.80. The SMILES string of the molecule is CCc1ccc(C(O)CCC(C)(C)OC)s1. The summed E-state index contributed by atoms with van der Waals surface area (Å²) in [4.78, 5) is 2.41. The first kappa shape index (κ1) is 13.7. The summed E-state index contributed by atoms with van der Waals surface area (Å²) >= 11 is 1.71. The fourth-order valence-electron chi connectivity index (χ4n) is 1.49. The van der Waals surface area contributed by atoms with E-state index in [2.05, 4.69) is 13.0 Å². The van der Waals surface area contributed by atoms with Crippen LogP contribution < -0.4 is 0 Å². The Balaban J connectivity index is 2.49. The van der Waals surface area contributed by atoms with Crippen molar-refractivity contribution < 1.29 is 9.84 Å². The lowest BCUT2D eigenvalue weighted by atomic mass is 9.99. The molecule has 0 fully saturated rings. The summed E-state index contributed by atoms with van der Waals surface area (Å²) in [6.45, 7) is 6.23. The van der Waals surface area contributed by atoms with Gasteiger partial charge in [-0.2, -0.15) is 0 Å². The van der Waals surface area contributed by atoms with Gasteiger partial charge in [-0.3, -0.25) is 0 Å². The zero-order valence-corrected chi connectivity index (χ0v) is 11.4. The summed E-state index contributed by atoms with van der Waals surface area (Å²) in [5.41, 5.74) is -0.147. The quantitative estimate of drug-likeness (QED) is 0.826. The van der Waals surface area contributed by atoms with Crippen LogP contribution >= 0.6 is 11.3 Å². The van der Waals surface area contributed by atoms with Crippen molar-refractivity contribution in [2.75, 3.05) is 7.11 Å². The van der Waals surface area contributed by atoms with E-state index in [0.29, 0.717) is 0 Å². The molecule has 3 heteroatoms. The largest absolute Gasteiger partial charge is 0.388 e. The molecule has 1 aromatic heterocycles. The Morgan fingerprint density at radius 1 is 1.44 bits per heavy atom. The van der Waals surface area contributed by atoms with E-state index < -0.39 is 0 Å². The fourth-order valence-corrected chi connectivity index (χ4v) is 2.47. The topological polar surface area (TPSA) is 29.5 Å². The maximum atomic E-state index is 10.0. The van der Waals surface area contributed by atoms with Gasteiger partial charge in [0.25, 0.3) is 0 Å². The Morgan fingerprint density at radius 2 is 2.12 bits per heavy atom. The maximum Gasteiger partial charge on any atom is 0.0883 e. The molecule has 0 amide bonds. The molecule has 1 atom stereocenters. The van der Waals surface area contributed by atoms with Crippen LogP contribution in [0.1, 0.15) is 49.5 Å². The molecule has 0 aliphatic rings. The highest BCUT2D eigenvalue weighted by Crippen LogP contribution is 2.29. The lowest BCUT2D eigenvalue weighted by Gasteiger charge is -2.23. The minimum atomic E-state index is -0.347. The summed E-state index contributed by atoms with van der Waals surface area (Å²) in [5, 5.41) is 10.0. The van der Waals surface area contributed by atoms with Crippen molar-refractivity contribution >= 4 is 11.3 Å². The minimum Gasteiger partial charge on any atom is -0.388 e. The number of rotatable bonds is 6. The van der Waals surface area contributed by atoms with E-state index in [1.54, 1.807) is 18.4 Å². The number of thiophene rings is 1. The number of aliphatic hydroxyl groups excluding tert-OH is 1. The Kier molecular flexibility index (Phi) is 4.96. The second-order valence-electron chi connectivity index (χ2n) is 4.68. The van der Waals surface area contributed by atoms with Gasteiger partial charge in [0.1, 0.15) is 0 Å². The van der Waals surface area contributed by atoms with Crippen LogP contribution in [-0.4, -0.2) is 17.8 Å². The Hall–Kier alpha value is -0.380. The first-order chi connectivity index (χ1) is 7.48. The highest BCUT2D eigenvalue weighted by atomic mass is 32.1. The van der Waals surface area contributed by atoms with Crippen LogP contribution in [0.2, 0.25) is 0 Å². The van der Waals surface area contributed by atoms with Gasteiger partial charge in [0.15, 0.2) is 0 Å².